The number of hydrogen-bond acceptors (Lipinski definition) is 1. The number of hydrogen-bond donors (Lipinski definition) is 1. The van der Waals surface area contributed by atoms with Gasteiger partial charge in [0.05, 0.1) is 0 Å². The third-order valence-corrected chi connectivity index (χ3v) is 4.28. The zero-order chi connectivity index (χ0) is 11.7. The minimum Gasteiger partial charge on any atom is -0.298 e. The van der Waals surface area contributed by atoms with E-state index < -0.39 is 0 Å². The summed E-state index contributed by atoms with van der Waals surface area (Å²) in [6, 6.07) is 0.632. The van der Waals surface area contributed by atoms with Gasteiger partial charge in [-0.15, -0.1) is 0 Å². The van der Waals surface area contributed by atoms with Gasteiger partial charge in [-0.05, 0) is 33.1 Å². The van der Waals surface area contributed by atoms with Crippen molar-refractivity contribution < 1.29 is 0 Å². The molecule has 0 rings (SSSR count). The summed E-state index contributed by atoms with van der Waals surface area (Å²) in [6.07, 6.45) is 9.19. The van der Waals surface area contributed by atoms with Gasteiger partial charge in [0.15, 0.2) is 0 Å². The van der Waals surface area contributed by atoms with Crippen molar-refractivity contribution in [1.29, 1.82) is 0 Å². The van der Waals surface area contributed by atoms with Crippen molar-refractivity contribution in [2.24, 2.45) is 0 Å². The Labute approximate surface area is 107 Å². The lowest BCUT2D eigenvalue weighted by atomic mass is 9.96. The second-order valence-corrected chi connectivity index (χ2v) is 7.08. The summed E-state index contributed by atoms with van der Waals surface area (Å²) in [5.74, 6) is 0. The van der Waals surface area contributed by atoms with Crippen molar-refractivity contribution in [2.75, 3.05) is 0 Å². The molecule has 3 unspecified atom stereocenters. The molecular weight excluding hydrogens is 269 g/mol. The second kappa shape index (κ2) is 8.96. The van der Waals surface area contributed by atoms with Crippen molar-refractivity contribution in [2.45, 2.75) is 76.1 Å². The minimum atomic E-state index is 0.376. The van der Waals surface area contributed by atoms with Crippen LogP contribution in [0.2, 0.25) is 0 Å². The first kappa shape index (κ1) is 15.9. The highest BCUT2D eigenvalue weighted by molar-refractivity contribution is 9.10. The Balaban J connectivity index is 3.48. The van der Waals surface area contributed by atoms with Crippen LogP contribution in [0.15, 0.2) is 0 Å². The van der Waals surface area contributed by atoms with Gasteiger partial charge in [0.1, 0.15) is 0 Å². The van der Waals surface area contributed by atoms with Crippen molar-refractivity contribution in [1.82, 2.24) is 5.09 Å². The molecule has 0 saturated heterocycles. The molecule has 0 aromatic heterocycles. The summed E-state index contributed by atoms with van der Waals surface area (Å²) < 4.78 is 0.376. The maximum Gasteiger partial charge on any atom is 0.0229 e. The predicted molar refractivity (Wildman–Crippen MR) is 77.6 cm³/mol. The molecule has 0 heterocycles. The monoisotopic (exact) mass is 295 g/mol. The molecule has 0 spiro atoms. The molecule has 0 aromatic rings. The number of alkyl halides is 1. The van der Waals surface area contributed by atoms with E-state index in [9.17, 15) is 0 Å². The van der Waals surface area contributed by atoms with Gasteiger partial charge in [-0.1, -0.05) is 57.9 Å². The molecule has 0 amide bonds. The fraction of sp³-hybridized carbons (Fsp3) is 1.00. The fourth-order valence-corrected chi connectivity index (χ4v) is 2.43. The second-order valence-electron chi connectivity index (χ2n) is 4.83. The van der Waals surface area contributed by atoms with E-state index in [-0.39, 0.29) is 0 Å². The smallest absolute Gasteiger partial charge is 0.0229 e. The molecule has 0 aliphatic carbocycles. The largest absolute Gasteiger partial charge is 0.298 e. The normalized spacial score (nSPS) is 17.4. The van der Waals surface area contributed by atoms with Crippen molar-refractivity contribution in [3.8, 4) is 0 Å². The van der Waals surface area contributed by atoms with Gasteiger partial charge in [-0.3, -0.25) is 5.09 Å². The van der Waals surface area contributed by atoms with Crippen LogP contribution < -0.4 is 5.09 Å². The van der Waals surface area contributed by atoms with Gasteiger partial charge in [-0.25, -0.2) is 0 Å². The lowest BCUT2D eigenvalue weighted by Gasteiger charge is -2.22. The quantitative estimate of drug-likeness (QED) is 0.371. The summed E-state index contributed by atoms with van der Waals surface area (Å²) in [5, 5.41) is 3.20. The molecular formula is C12H27BrNP. The maximum absolute atomic E-state index is 3.85. The highest BCUT2D eigenvalue weighted by atomic mass is 79.9. The van der Waals surface area contributed by atoms with Crippen LogP contribution in [0.1, 0.15) is 65.7 Å². The molecule has 0 aliphatic heterocycles. The first-order valence-corrected chi connectivity index (χ1v) is 7.54. The standard InChI is InChI=1S/C12H27BrNP/c1-4-5-9-12(3,13)10-7-6-8-11(2)14-15/h11,14H,4-10,15H2,1-3H3. The topological polar surface area (TPSA) is 12.0 Å². The molecule has 0 fully saturated rings. The maximum atomic E-state index is 3.85. The molecule has 1 N–H and O–H groups in total. The molecule has 0 radical (unpaired) electrons. The first-order chi connectivity index (χ1) is 7.02. The van der Waals surface area contributed by atoms with Crippen LogP contribution in [-0.4, -0.2) is 10.4 Å². The summed E-state index contributed by atoms with van der Waals surface area (Å²) in [4.78, 5) is 0. The van der Waals surface area contributed by atoms with E-state index in [1.54, 1.807) is 0 Å². The Morgan fingerprint density at radius 2 is 1.87 bits per heavy atom. The van der Waals surface area contributed by atoms with Crippen molar-refractivity contribution in [3.63, 3.8) is 0 Å². The van der Waals surface area contributed by atoms with E-state index >= 15 is 0 Å². The lowest BCUT2D eigenvalue weighted by molar-refractivity contribution is 0.479. The van der Waals surface area contributed by atoms with Crippen molar-refractivity contribution in [3.05, 3.63) is 0 Å². The van der Waals surface area contributed by atoms with E-state index in [2.05, 4.69) is 51.2 Å². The predicted octanol–water partition coefficient (Wildman–Crippen LogP) is 4.66. The van der Waals surface area contributed by atoms with Crippen LogP contribution in [0.25, 0.3) is 0 Å². The third-order valence-electron chi connectivity index (χ3n) is 2.92. The Morgan fingerprint density at radius 1 is 1.27 bits per heavy atom. The van der Waals surface area contributed by atoms with Gasteiger partial charge in [-0.2, -0.15) is 0 Å². The Hall–Kier alpha value is 0.870. The van der Waals surface area contributed by atoms with Crippen LogP contribution in [0.3, 0.4) is 0 Å². The fourth-order valence-electron chi connectivity index (χ4n) is 1.70. The molecule has 3 heteroatoms. The molecule has 1 nitrogen and oxygen atoms in total. The van der Waals surface area contributed by atoms with Crippen LogP contribution in [0.5, 0.6) is 0 Å². The van der Waals surface area contributed by atoms with Crippen LogP contribution in [0.4, 0.5) is 0 Å². The molecule has 0 aromatic carbocycles. The van der Waals surface area contributed by atoms with E-state index in [1.807, 2.05) is 0 Å². The van der Waals surface area contributed by atoms with Gasteiger partial charge < -0.3 is 0 Å². The summed E-state index contributed by atoms with van der Waals surface area (Å²) in [6.45, 7) is 6.83. The van der Waals surface area contributed by atoms with Crippen LogP contribution in [0, 0.1) is 0 Å². The average Bonchev–Trinajstić information content (AvgIpc) is 2.21. The number of unbranched alkanes of at least 4 members (excludes halogenated alkanes) is 2. The summed E-state index contributed by atoms with van der Waals surface area (Å²) in [7, 11) is 2.59. The molecule has 0 bridgehead atoms. The van der Waals surface area contributed by atoms with Crippen molar-refractivity contribution >= 4 is 25.3 Å². The first-order valence-electron chi connectivity index (χ1n) is 6.17. The van der Waals surface area contributed by atoms with Crippen LogP contribution >= 0.6 is 25.3 Å². The van der Waals surface area contributed by atoms with Crippen LogP contribution in [-0.2, 0) is 0 Å². The highest BCUT2D eigenvalue weighted by Gasteiger charge is 2.18. The number of nitrogens with one attached hydrogen (secondary N) is 1. The van der Waals surface area contributed by atoms with E-state index in [4.69, 9.17) is 0 Å². The highest BCUT2D eigenvalue weighted by Crippen LogP contribution is 2.30. The van der Waals surface area contributed by atoms with Gasteiger partial charge in [0.2, 0.25) is 0 Å². The molecule has 0 aliphatic rings. The minimum absolute atomic E-state index is 0.376. The van der Waals surface area contributed by atoms with Gasteiger partial charge in [0, 0.05) is 10.4 Å². The molecule has 92 valence electrons. The van der Waals surface area contributed by atoms with Gasteiger partial charge in [0.25, 0.3) is 0 Å². The average molecular weight is 296 g/mol. The number of rotatable bonds is 9. The molecule has 0 saturated carbocycles. The third kappa shape index (κ3) is 9.78. The van der Waals surface area contributed by atoms with Gasteiger partial charge >= 0.3 is 0 Å². The lowest BCUT2D eigenvalue weighted by Crippen LogP contribution is -2.17. The van der Waals surface area contributed by atoms with E-state index in [1.165, 1.54) is 44.9 Å². The molecule has 3 atom stereocenters. The number of halogens is 1. The van der Waals surface area contributed by atoms with E-state index in [0.29, 0.717) is 10.4 Å². The Bertz CT molecular complexity index is 151. The zero-order valence-corrected chi connectivity index (χ0v) is 13.2. The Kier molecular flexibility index (Phi) is 9.48. The summed E-state index contributed by atoms with van der Waals surface area (Å²) in [5.41, 5.74) is 0. The zero-order valence-electron chi connectivity index (χ0n) is 10.5. The molecule has 15 heavy (non-hydrogen) atoms. The Morgan fingerprint density at radius 3 is 2.40 bits per heavy atom. The summed E-state index contributed by atoms with van der Waals surface area (Å²) >= 11 is 3.85. The SMILES string of the molecule is CCCCC(C)(Br)CCCCC(C)NP. The van der Waals surface area contributed by atoms with E-state index in [0.717, 1.165) is 0 Å².